The van der Waals surface area contributed by atoms with E-state index in [1.165, 1.54) is 5.69 Å². The number of nitrogens with zero attached hydrogens (tertiary/aromatic N) is 2. The van der Waals surface area contributed by atoms with E-state index in [1.54, 1.807) is 0 Å². The van der Waals surface area contributed by atoms with Crippen LogP contribution in [0.15, 0.2) is 18.2 Å². The average Bonchev–Trinajstić information content (AvgIpc) is 2.29. The monoisotopic (exact) mass is 255 g/mol. The summed E-state index contributed by atoms with van der Waals surface area (Å²) in [5.74, 6) is 0. The Bertz CT molecular complexity index is 353. The van der Waals surface area contributed by atoms with Gasteiger partial charge in [-0.25, -0.2) is 0 Å². The molecule has 0 unspecified atom stereocenters. The molecule has 0 spiro atoms. The van der Waals surface area contributed by atoms with Crippen molar-refractivity contribution in [3.8, 4) is 0 Å². The molecule has 0 aliphatic rings. The normalized spacial score (nSPS) is 10.9. The Morgan fingerprint density at radius 2 is 1.88 bits per heavy atom. The van der Waals surface area contributed by atoms with E-state index >= 15 is 0 Å². The molecule has 0 aliphatic carbocycles. The SMILES string of the molecule is CNCc1c(Cl)cccc1N(C)CCN(C)C. The van der Waals surface area contributed by atoms with Crippen LogP contribution in [0.5, 0.6) is 0 Å². The van der Waals surface area contributed by atoms with Gasteiger partial charge in [0.15, 0.2) is 0 Å². The lowest BCUT2D eigenvalue weighted by molar-refractivity contribution is 0.416. The van der Waals surface area contributed by atoms with Crippen molar-refractivity contribution in [2.24, 2.45) is 0 Å². The van der Waals surface area contributed by atoms with Crippen LogP contribution in [0.4, 0.5) is 5.69 Å². The highest BCUT2D eigenvalue weighted by molar-refractivity contribution is 6.31. The molecule has 0 heterocycles. The van der Waals surface area contributed by atoms with Gasteiger partial charge in [0.25, 0.3) is 0 Å². The second-order valence-corrected chi connectivity index (χ2v) is 4.90. The molecule has 0 radical (unpaired) electrons. The Morgan fingerprint density at radius 3 is 2.47 bits per heavy atom. The fourth-order valence-corrected chi connectivity index (χ4v) is 1.96. The summed E-state index contributed by atoms with van der Waals surface area (Å²) >= 11 is 6.24. The Hall–Kier alpha value is -0.770. The van der Waals surface area contributed by atoms with Gasteiger partial charge in [-0.15, -0.1) is 0 Å². The molecule has 0 aromatic heterocycles. The summed E-state index contributed by atoms with van der Waals surface area (Å²) in [7, 11) is 8.21. The molecule has 0 atom stereocenters. The maximum absolute atomic E-state index is 6.24. The van der Waals surface area contributed by atoms with Crippen LogP contribution in [0.1, 0.15) is 5.56 Å². The van der Waals surface area contributed by atoms with Crippen LogP contribution < -0.4 is 10.2 Å². The van der Waals surface area contributed by atoms with E-state index in [0.717, 1.165) is 30.2 Å². The highest BCUT2D eigenvalue weighted by Gasteiger charge is 2.10. The van der Waals surface area contributed by atoms with Gasteiger partial charge in [-0.3, -0.25) is 0 Å². The van der Waals surface area contributed by atoms with Crippen LogP contribution >= 0.6 is 11.6 Å². The zero-order valence-electron chi connectivity index (χ0n) is 11.1. The van der Waals surface area contributed by atoms with E-state index in [9.17, 15) is 0 Å². The number of anilines is 1. The molecule has 0 amide bonds. The van der Waals surface area contributed by atoms with Crippen LogP contribution in [-0.4, -0.2) is 46.2 Å². The molecule has 3 nitrogen and oxygen atoms in total. The number of rotatable bonds is 6. The maximum atomic E-state index is 6.24. The minimum atomic E-state index is 0.793. The minimum absolute atomic E-state index is 0.793. The summed E-state index contributed by atoms with van der Waals surface area (Å²) in [6.45, 7) is 2.81. The smallest absolute Gasteiger partial charge is 0.0471 e. The molecule has 17 heavy (non-hydrogen) atoms. The van der Waals surface area contributed by atoms with Crippen LogP contribution in [0, 0.1) is 0 Å². The van der Waals surface area contributed by atoms with Gasteiger partial charge in [-0.2, -0.15) is 0 Å². The van der Waals surface area contributed by atoms with Crippen molar-refractivity contribution >= 4 is 17.3 Å². The van der Waals surface area contributed by atoms with Gasteiger partial charge in [-0.05, 0) is 33.3 Å². The van der Waals surface area contributed by atoms with Gasteiger partial charge in [-0.1, -0.05) is 17.7 Å². The van der Waals surface area contributed by atoms with Crippen LogP contribution in [-0.2, 0) is 6.54 Å². The molecule has 1 rings (SSSR count). The number of nitrogens with one attached hydrogen (secondary N) is 1. The molecule has 4 heteroatoms. The number of likely N-dealkylation sites (N-methyl/N-ethyl adjacent to an activating group) is 2. The van der Waals surface area contributed by atoms with E-state index in [1.807, 2.05) is 19.2 Å². The first kappa shape index (κ1) is 14.3. The van der Waals surface area contributed by atoms with Crippen LogP contribution in [0.3, 0.4) is 0 Å². The van der Waals surface area contributed by atoms with Gasteiger partial charge >= 0.3 is 0 Å². The summed E-state index contributed by atoms with van der Waals surface area (Å²) in [6.07, 6.45) is 0. The molecule has 0 saturated carbocycles. The van der Waals surface area contributed by atoms with Crippen molar-refractivity contribution < 1.29 is 0 Å². The molecule has 96 valence electrons. The third-order valence-electron chi connectivity index (χ3n) is 2.74. The van der Waals surface area contributed by atoms with Gasteiger partial charge in [0, 0.05) is 43.0 Å². The second-order valence-electron chi connectivity index (χ2n) is 4.49. The highest BCUT2D eigenvalue weighted by Crippen LogP contribution is 2.26. The van der Waals surface area contributed by atoms with E-state index in [4.69, 9.17) is 11.6 Å². The quantitative estimate of drug-likeness (QED) is 0.840. The van der Waals surface area contributed by atoms with Crippen molar-refractivity contribution in [1.29, 1.82) is 0 Å². The predicted octanol–water partition coefficient (Wildman–Crippen LogP) is 2.06. The summed E-state index contributed by atoms with van der Waals surface area (Å²) in [6, 6.07) is 6.06. The Labute approximate surface area is 109 Å². The van der Waals surface area contributed by atoms with Crippen molar-refractivity contribution in [2.45, 2.75) is 6.54 Å². The maximum Gasteiger partial charge on any atom is 0.0471 e. The van der Waals surface area contributed by atoms with Crippen LogP contribution in [0.25, 0.3) is 0 Å². The lowest BCUT2D eigenvalue weighted by Gasteiger charge is -2.24. The third-order valence-corrected chi connectivity index (χ3v) is 3.10. The number of hydrogen-bond donors (Lipinski definition) is 1. The predicted molar refractivity (Wildman–Crippen MR) is 76.0 cm³/mol. The molecule has 0 fully saturated rings. The minimum Gasteiger partial charge on any atom is -0.373 e. The molecule has 1 aromatic rings. The zero-order chi connectivity index (χ0) is 12.8. The van der Waals surface area contributed by atoms with E-state index in [2.05, 4.69) is 42.3 Å². The summed E-state index contributed by atoms with van der Waals surface area (Å²) in [5.41, 5.74) is 2.37. The molecular weight excluding hydrogens is 234 g/mol. The van der Waals surface area contributed by atoms with Crippen molar-refractivity contribution in [3.63, 3.8) is 0 Å². The Balaban J connectivity index is 2.84. The number of halogens is 1. The van der Waals surface area contributed by atoms with Gasteiger partial charge in [0.05, 0.1) is 0 Å². The largest absolute Gasteiger partial charge is 0.373 e. The van der Waals surface area contributed by atoms with Gasteiger partial charge in [0.1, 0.15) is 0 Å². The summed E-state index contributed by atoms with van der Waals surface area (Å²) < 4.78 is 0. The highest BCUT2D eigenvalue weighted by atomic mass is 35.5. The Morgan fingerprint density at radius 1 is 1.18 bits per heavy atom. The number of hydrogen-bond acceptors (Lipinski definition) is 3. The lowest BCUT2D eigenvalue weighted by Crippen LogP contribution is -2.29. The summed E-state index contributed by atoms with van der Waals surface area (Å²) in [4.78, 5) is 4.43. The van der Waals surface area contributed by atoms with Crippen molar-refractivity contribution in [3.05, 3.63) is 28.8 Å². The average molecular weight is 256 g/mol. The standard InChI is InChI=1S/C13H22ClN3/c1-15-10-11-12(14)6-5-7-13(11)17(4)9-8-16(2)3/h5-7,15H,8-10H2,1-4H3. The molecule has 1 N–H and O–H groups in total. The molecule has 0 aliphatic heterocycles. The van der Waals surface area contributed by atoms with E-state index in [-0.39, 0.29) is 0 Å². The zero-order valence-corrected chi connectivity index (χ0v) is 11.9. The van der Waals surface area contributed by atoms with Crippen LogP contribution in [0.2, 0.25) is 5.02 Å². The van der Waals surface area contributed by atoms with E-state index < -0.39 is 0 Å². The molecule has 0 bridgehead atoms. The Kier molecular flexibility index (Phi) is 5.75. The third kappa shape index (κ3) is 4.19. The topological polar surface area (TPSA) is 18.5 Å². The van der Waals surface area contributed by atoms with Crippen molar-refractivity contribution in [2.75, 3.05) is 46.2 Å². The molecule has 1 aromatic carbocycles. The van der Waals surface area contributed by atoms with Gasteiger partial charge in [0.2, 0.25) is 0 Å². The molecule has 0 saturated heterocycles. The molecular formula is C13H22ClN3. The lowest BCUT2D eigenvalue weighted by atomic mass is 10.1. The van der Waals surface area contributed by atoms with E-state index in [0.29, 0.717) is 0 Å². The first-order valence-electron chi connectivity index (χ1n) is 5.84. The first-order valence-corrected chi connectivity index (χ1v) is 6.22. The number of benzene rings is 1. The van der Waals surface area contributed by atoms with Gasteiger partial charge < -0.3 is 15.1 Å². The summed E-state index contributed by atoms with van der Waals surface area (Å²) in [5, 5.41) is 3.99. The second kappa shape index (κ2) is 6.84. The first-order chi connectivity index (χ1) is 8.06. The fourth-order valence-electron chi connectivity index (χ4n) is 1.73. The fraction of sp³-hybridized carbons (Fsp3) is 0.538. The van der Waals surface area contributed by atoms with Crippen molar-refractivity contribution in [1.82, 2.24) is 10.2 Å².